The molecule has 3 aromatic carbocycles. The molecule has 0 atom stereocenters. The lowest BCUT2D eigenvalue weighted by molar-refractivity contribution is 0.600. The summed E-state index contributed by atoms with van der Waals surface area (Å²) in [5.74, 6) is 0.908. The normalized spacial score (nSPS) is 11.4. The van der Waals surface area contributed by atoms with Crippen molar-refractivity contribution in [2.45, 2.75) is 38.1 Å². The Morgan fingerprint density at radius 2 is 1.81 bits per heavy atom. The van der Waals surface area contributed by atoms with Crippen LogP contribution < -0.4 is 4.72 Å². The second kappa shape index (κ2) is 8.85. The number of aromatic nitrogens is 2. The van der Waals surface area contributed by atoms with Gasteiger partial charge in [-0.3, -0.25) is 4.72 Å². The first-order valence-corrected chi connectivity index (χ1v) is 12.0. The van der Waals surface area contributed by atoms with Gasteiger partial charge in [0.1, 0.15) is 5.82 Å². The van der Waals surface area contributed by atoms with Gasteiger partial charge in [-0.25, -0.2) is 13.4 Å². The second-order valence-electron chi connectivity index (χ2n) is 7.74. The molecule has 0 radical (unpaired) electrons. The Morgan fingerprint density at radius 3 is 2.50 bits per heavy atom. The fourth-order valence-corrected chi connectivity index (χ4v) is 5.10. The van der Waals surface area contributed by atoms with Gasteiger partial charge in [0.2, 0.25) is 0 Å². The van der Waals surface area contributed by atoms with Gasteiger partial charge in [-0.15, -0.1) is 0 Å². The predicted molar refractivity (Wildman–Crippen MR) is 126 cm³/mol. The lowest BCUT2D eigenvalue weighted by Gasteiger charge is -2.11. The third-order valence-electron chi connectivity index (χ3n) is 5.36. The highest BCUT2D eigenvalue weighted by Gasteiger charge is 2.18. The molecule has 1 heterocycles. The molecule has 0 bridgehead atoms. The number of nitrogens with one attached hydrogen (secondary N) is 1. The third-order valence-corrected chi connectivity index (χ3v) is 6.90. The van der Waals surface area contributed by atoms with Crippen LogP contribution in [0.2, 0.25) is 0 Å². The largest absolute Gasteiger partial charge is 0.328 e. The number of imidazole rings is 1. The summed E-state index contributed by atoms with van der Waals surface area (Å²) in [6.07, 6.45) is 1.58. The number of nitriles is 1. The van der Waals surface area contributed by atoms with Crippen LogP contribution in [0.1, 0.15) is 35.9 Å². The van der Waals surface area contributed by atoms with Crippen LogP contribution in [0.25, 0.3) is 11.0 Å². The molecule has 0 saturated heterocycles. The molecule has 162 valence electrons. The number of nitrogens with zero attached hydrogens (tertiary/aromatic N) is 3. The van der Waals surface area contributed by atoms with Gasteiger partial charge >= 0.3 is 0 Å². The van der Waals surface area contributed by atoms with Gasteiger partial charge in [0.25, 0.3) is 10.0 Å². The number of rotatable bonds is 7. The summed E-state index contributed by atoms with van der Waals surface area (Å²) < 4.78 is 30.6. The molecule has 4 aromatic rings. The topological polar surface area (TPSA) is 87.8 Å². The fraction of sp³-hybridized carbons (Fsp3) is 0.200. The van der Waals surface area contributed by atoms with E-state index in [-0.39, 0.29) is 4.90 Å². The Bertz CT molecular complexity index is 1410. The monoisotopic (exact) mass is 444 g/mol. The van der Waals surface area contributed by atoms with E-state index in [1.54, 1.807) is 49.4 Å². The zero-order valence-corrected chi connectivity index (χ0v) is 18.9. The van der Waals surface area contributed by atoms with Crippen molar-refractivity contribution in [3.05, 3.63) is 89.2 Å². The predicted octanol–water partition coefficient (Wildman–Crippen LogP) is 5.02. The van der Waals surface area contributed by atoms with E-state index in [9.17, 15) is 8.42 Å². The minimum Gasteiger partial charge on any atom is -0.328 e. The molecule has 0 spiro atoms. The maximum absolute atomic E-state index is 12.9. The summed E-state index contributed by atoms with van der Waals surface area (Å²) in [4.78, 5) is 5.08. The van der Waals surface area contributed by atoms with E-state index in [0.717, 1.165) is 35.4 Å². The number of hydrogen-bond donors (Lipinski definition) is 1. The number of benzene rings is 3. The smallest absolute Gasteiger partial charge is 0.262 e. The van der Waals surface area contributed by atoms with Crippen LogP contribution in [0, 0.1) is 18.3 Å². The van der Waals surface area contributed by atoms with E-state index in [0.29, 0.717) is 23.2 Å². The number of hydrogen-bond acceptors (Lipinski definition) is 4. The van der Waals surface area contributed by atoms with Crippen molar-refractivity contribution in [1.82, 2.24) is 9.55 Å². The van der Waals surface area contributed by atoms with Crippen LogP contribution in [-0.4, -0.2) is 18.0 Å². The van der Waals surface area contributed by atoms with Crippen LogP contribution in [-0.2, 0) is 23.0 Å². The second-order valence-corrected chi connectivity index (χ2v) is 9.39. The highest BCUT2D eigenvalue weighted by molar-refractivity contribution is 7.92. The molecule has 0 aliphatic carbocycles. The molecule has 4 rings (SSSR count). The Hall–Kier alpha value is -3.63. The first kappa shape index (κ1) is 21.6. The number of sulfonamides is 1. The van der Waals surface area contributed by atoms with Crippen molar-refractivity contribution in [3.63, 3.8) is 0 Å². The van der Waals surface area contributed by atoms with E-state index < -0.39 is 10.0 Å². The maximum atomic E-state index is 12.9. The number of anilines is 1. The fourth-order valence-electron chi connectivity index (χ4n) is 3.80. The van der Waals surface area contributed by atoms with Crippen molar-refractivity contribution in [2.75, 3.05) is 4.72 Å². The molecule has 6 nitrogen and oxygen atoms in total. The number of fused-ring (bicyclic) bond motifs is 1. The number of aryl methyl sites for hydroxylation is 2. The van der Waals surface area contributed by atoms with E-state index in [1.807, 2.05) is 24.3 Å². The van der Waals surface area contributed by atoms with Crippen molar-refractivity contribution < 1.29 is 8.42 Å². The molecular weight excluding hydrogens is 420 g/mol. The lowest BCUT2D eigenvalue weighted by Crippen LogP contribution is -2.14. The Kier molecular flexibility index (Phi) is 5.97. The lowest BCUT2D eigenvalue weighted by atomic mass is 10.1. The summed E-state index contributed by atoms with van der Waals surface area (Å²) in [5, 5.41) is 9.01. The minimum absolute atomic E-state index is 0.262. The molecule has 0 aliphatic heterocycles. The van der Waals surface area contributed by atoms with E-state index in [1.165, 1.54) is 0 Å². The maximum Gasteiger partial charge on any atom is 0.262 e. The summed E-state index contributed by atoms with van der Waals surface area (Å²) >= 11 is 0. The molecule has 7 heteroatoms. The SMILES string of the molecule is CCCn1c(Cc2ccc(C#N)cc2)nc2cc(NS(=O)(=O)c3ccccc3C)ccc21. The average molecular weight is 445 g/mol. The van der Waals surface area contributed by atoms with Gasteiger partial charge in [-0.1, -0.05) is 37.3 Å². The third kappa shape index (κ3) is 4.36. The van der Waals surface area contributed by atoms with Crippen LogP contribution in [0.15, 0.2) is 71.6 Å². The molecule has 1 N–H and O–H groups in total. The quantitative estimate of drug-likeness (QED) is 0.434. The van der Waals surface area contributed by atoms with Gasteiger partial charge in [-0.05, 0) is 60.9 Å². The highest BCUT2D eigenvalue weighted by Crippen LogP contribution is 2.25. The zero-order chi connectivity index (χ0) is 22.7. The molecule has 0 amide bonds. The van der Waals surface area contributed by atoms with Gasteiger partial charge in [-0.2, -0.15) is 5.26 Å². The zero-order valence-electron chi connectivity index (χ0n) is 18.0. The highest BCUT2D eigenvalue weighted by atomic mass is 32.2. The summed E-state index contributed by atoms with van der Waals surface area (Å²) in [6, 6.07) is 22.0. The summed E-state index contributed by atoms with van der Waals surface area (Å²) in [5.41, 5.74) is 4.57. The molecule has 1 aromatic heterocycles. The first-order chi connectivity index (χ1) is 15.4. The van der Waals surface area contributed by atoms with E-state index in [4.69, 9.17) is 10.2 Å². The van der Waals surface area contributed by atoms with E-state index in [2.05, 4.69) is 22.3 Å². The minimum atomic E-state index is -3.69. The molecule has 0 saturated carbocycles. The average Bonchev–Trinajstić information content (AvgIpc) is 3.10. The molecule has 32 heavy (non-hydrogen) atoms. The van der Waals surface area contributed by atoms with Gasteiger partial charge in [0, 0.05) is 13.0 Å². The molecule has 0 unspecified atom stereocenters. The Morgan fingerprint density at radius 1 is 1.06 bits per heavy atom. The Balaban J connectivity index is 1.68. The van der Waals surface area contributed by atoms with Crippen LogP contribution in [0.4, 0.5) is 5.69 Å². The van der Waals surface area contributed by atoms with Gasteiger partial charge in [0.05, 0.1) is 33.2 Å². The van der Waals surface area contributed by atoms with Crippen molar-refractivity contribution in [1.29, 1.82) is 5.26 Å². The molecule has 0 aliphatic rings. The van der Waals surface area contributed by atoms with Crippen molar-refractivity contribution in [3.8, 4) is 6.07 Å². The molecular formula is C25H24N4O2S. The van der Waals surface area contributed by atoms with Gasteiger partial charge < -0.3 is 4.57 Å². The summed E-state index contributed by atoms with van der Waals surface area (Å²) in [6.45, 7) is 4.71. The van der Waals surface area contributed by atoms with Crippen LogP contribution in [0.5, 0.6) is 0 Å². The van der Waals surface area contributed by atoms with Crippen LogP contribution >= 0.6 is 0 Å². The van der Waals surface area contributed by atoms with Crippen LogP contribution in [0.3, 0.4) is 0 Å². The van der Waals surface area contributed by atoms with E-state index >= 15 is 0 Å². The summed E-state index contributed by atoms with van der Waals surface area (Å²) in [7, 11) is -3.69. The van der Waals surface area contributed by atoms with Crippen molar-refractivity contribution in [2.24, 2.45) is 0 Å². The Labute approximate surface area is 188 Å². The van der Waals surface area contributed by atoms with Crippen molar-refractivity contribution >= 4 is 26.7 Å². The van der Waals surface area contributed by atoms with Gasteiger partial charge in [0.15, 0.2) is 0 Å². The molecule has 0 fully saturated rings. The first-order valence-electron chi connectivity index (χ1n) is 10.5. The standard InChI is InChI=1S/C25H24N4O2S/c1-3-14-29-23-13-12-21(28-32(30,31)24-7-5-4-6-18(24)2)16-22(23)27-25(29)15-19-8-10-20(17-26)11-9-19/h4-13,16,28H,3,14-15H2,1-2H3.